The Bertz CT molecular complexity index is 384. The van der Waals surface area contributed by atoms with Crippen LogP contribution in [0, 0.1) is 6.92 Å². The van der Waals surface area contributed by atoms with Crippen LogP contribution in [0.15, 0.2) is 18.2 Å². The van der Waals surface area contributed by atoms with Crippen LogP contribution in [-0.2, 0) is 11.3 Å². The number of nitrogens with zero attached hydrogens (tertiary/aromatic N) is 1. The van der Waals surface area contributed by atoms with E-state index in [1.807, 2.05) is 0 Å². The maximum absolute atomic E-state index is 5.51. The molecule has 0 amide bonds. The van der Waals surface area contributed by atoms with E-state index in [0.717, 1.165) is 45.8 Å². The maximum atomic E-state index is 5.51. The first kappa shape index (κ1) is 14.4. The number of anilines is 1. The minimum absolute atomic E-state index is 0.846. The van der Waals surface area contributed by atoms with Crippen molar-refractivity contribution in [1.29, 1.82) is 0 Å². The summed E-state index contributed by atoms with van der Waals surface area (Å²) in [7, 11) is 0. The third-order valence-electron chi connectivity index (χ3n) is 3.66. The third-order valence-corrected chi connectivity index (χ3v) is 3.66. The summed E-state index contributed by atoms with van der Waals surface area (Å²) in [6.07, 6.45) is 2.31. The van der Waals surface area contributed by atoms with Gasteiger partial charge >= 0.3 is 0 Å². The molecule has 1 aliphatic heterocycles. The van der Waals surface area contributed by atoms with Crippen LogP contribution in [0.5, 0.6) is 0 Å². The third kappa shape index (κ3) is 4.22. The highest BCUT2D eigenvalue weighted by molar-refractivity contribution is 5.51. The molecular weight excluding hydrogens is 236 g/mol. The lowest BCUT2D eigenvalue weighted by atomic mass is 10.1. The molecule has 1 aromatic carbocycles. The molecule has 1 aliphatic rings. The fourth-order valence-electron chi connectivity index (χ4n) is 2.48. The molecule has 19 heavy (non-hydrogen) atoms. The van der Waals surface area contributed by atoms with Crippen molar-refractivity contribution in [1.82, 2.24) is 5.32 Å². The smallest absolute Gasteiger partial charge is 0.0641 e. The van der Waals surface area contributed by atoms with Gasteiger partial charge in [-0.1, -0.05) is 13.0 Å². The highest BCUT2D eigenvalue weighted by Crippen LogP contribution is 2.20. The zero-order valence-electron chi connectivity index (χ0n) is 12.2. The molecule has 0 radical (unpaired) electrons. The minimum atomic E-state index is 0.846. The van der Waals surface area contributed by atoms with E-state index in [1.54, 1.807) is 0 Å². The highest BCUT2D eigenvalue weighted by atomic mass is 16.5. The van der Waals surface area contributed by atoms with E-state index < -0.39 is 0 Å². The van der Waals surface area contributed by atoms with Crippen molar-refractivity contribution >= 4 is 5.69 Å². The lowest BCUT2D eigenvalue weighted by Gasteiger charge is -2.23. The van der Waals surface area contributed by atoms with E-state index in [0.29, 0.717) is 0 Å². The molecule has 1 fully saturated rings. The number of rotatable bonds is 5. The van der Waals surface area contributed by atoms with Gasteiger partial charge in [0, 0.05) is 31.9 Å². The Morgan fingerprint density at radius 3 is 2.95 bits per heavy atom. The standard InChI is InChI=1S/C16H26N2O/c1-3-7-17-13-15-5-6-16(12-14(15)2)18-8-4-10-19-11-9-18/h5-6,12,17H,3-4,7-11,13H2,1-2H3. The molecule has 3 heteroatoms. The first-order chi connectivity index (χ1) is 9.31. The van der Waals surface area contributed by atoms with Crippen molar-refractivity contribution in [3.05, 3.63) is 29.3 Å². The average molecular weight is 262 g/mol. The highest BCUT2D eigenvalue weighted by Gasteiger charge is 2.10. The van der Waals surface area contributed by atoms with Gasteiger partial charge in [-0.25, -0.2) is 0 Å². The molecular formula is C16H26N2O. The summed E-state index contributed by atoms with van der Waals surface area (Å²) in [5.41, 5.74) is 4.12. The summed E-state index contributed by atoms with van der Waals surface area (Å²) in [5.74, 6) is 0. The number of benzene rings is 1. The van der Waals surface area contributed by atoms with E-state index in [1.165, 1.54) is 23.2 Å². The summed E-state index contributed by atoms with van der Waals surface area (Å²) in [4.78, 5) is 2.43. The molecule has 1 aromatic rings. The van der Waals surface area contributed by atoms with Crippen molar-refractivity contribution in [2.75, 3.05) is 37.7 Å². The Hall–Kier alpha value is -1.06. The summed E-state index contributed by atoms with van der Waals surface area (Å²) < 4.78 is 5.51. The molecule has 0 unspecified atom stereocenters. The Morgan fingerprint density at radius 2 is 2.16 bits per heavy atom. The zero-order chi connectivity index (χ0) is 13.5. The fourth-order valence-corrected chi connectivity index (χ4v) is 2.48. The monoisotopic (exact) mass is 262 g/mol. The van der Waals surface area contributed by atoms with Gasteiger partial charge in [0.2, 0.25) is 0 Å². The van der Waals surface area contributed by atoms with Crippen molar-refractivity contribution in [3.8, 4) is 0 Å². The molecule has 0 saturated carbocycles. The predicted molar refractivity (Wildman–Crippen MR) is 80.8 cm³/mol. The number of nitrogens with one attached hydrogen (secondary N) is 1. The largest absolute Gasteiger partial charge is 0.380 e. The molecule has 1 saturated heterocycles. The number of hydrogen-bond acceptors (Lipinski definition) is 3. The van der Waals surface area contributed by atoms with Gasteiger partial charge in [-0.3, -0.25) is 0 Å². The molecule has 0 spiro atoms. The summed E-state index contributed by atoms with van der Waals surface area (Å²) >= 11 is 0. The topological polar surface area (TPSA) is 24.5 Å². The van der Waals surface area contributed by atoms with Gasteiger partial charge in [-0.2, -0.15) is 0 Å². The first-order valence-electron chi connectivity index (χ1n) is 7.44. The van der Waals surface area contributed by atoms with Gasteiger partial charge in [0.1, 0.15) is 0 Å². The van der Waals surface area contributed by atoms with Gasteiger partial charge in [0.25, 0.3) is 0 Å². The maximum Gasteiger partial charge on any atom is 0.0641 e. The van der Waals surface area contributed by atoms with Gasteiger partial charge in [0.15, 0.2) is 0 Å². The van der Waals surface area contributed by atoms with E-state index in [9.17, 15) is 0 Å². The molecule has 2 rings (SSSR count). The molecule has 0 bridgehead atoms. The molecule has 0 atom stereocenters. The van der Waals surface area contributed by atoms with Crippen molar-refractivity contribution < 1.29 is 4.74 Å². The van der Waals surface area contributed by atoms with Crippen LogP contribution in [0.3, 0.4) is 0 Å². The second-order valence-corrected chi connectivity index (χ2v) is 5.24. The Labute approximate surface area is 116 Å². The molecule has 106 valence electrons. The predicted octanol–water partition coefficient (Wildman–Crippen LogP) is 2.72. The molecule has 1 heterocycles. The van der Waals surface area contributed by atoms with Gasteiger partial charge in [0.05, 0.1) is 6.61 Å². The number of hydrogen-bond donors (Lipinski definition) is 1. The summed E-state index contributed by atoms with van der Waals surface area (Å²) in [6, 6.07) is 6.83. The van der Waals surface area contributed by atoms with Gasteiger partial charge in [-0.05, 0) is 49.6 Å². The lowest BCUT2D eigenvalue weighted by molar-refractivity contribution is 0.152. The number of aryl methyl sites for hydroxylation is 1. The van der Waals surface area contributed by atoms with Crippen molar-refractivity contribution in [2.45, 2.75) is 33.2 Å². The minimum Gasteiger partial charge on any atom is -0.380 e. The SMILES string of the molecule is CCCNCc1ccc(N2CCCOCC2)cc1C. The van der Waals surface area contributed by atoms with Gasteiger partial charge in [-0.15, -0.1) is 0 Å². The van der Waals surface area contributed by atoms with Crippen LogP contribution < -0.4 is 10.2 Å². The van der Waals surface area contributed by atoms with Crippen molar-refractivity contribution in [3.63, 3.8) is 0 Å². The van der Waals surface area contributed by atoms with Crippen LogP contribution in [0.25, 0.3) is 0 Å². The second-order valence-electron chi connectivity index (χ2n) is 5.24. The first-order valence-corrected chi connectivity index (χ1v) is 7.44. The van der Waals surface area contributed by atoms with E-state index in [2.05, 4.69) is 42.3 Å². The Kier molecular flexibility index (Phi) is 5.67. The zero-order valence-corrected chi connectivity index (χ0v) is 12.2. The van der Waals surface area contributed by atoms with Crippen LogP contribution in [0.4, 0.5) is 5.69 Å². The molecule has 0 aromatic heterocycles. The van der Waals surface area contributed by atoms with Crippen LogP contribution >= 0.6 is 0 Å². The van der Waals surface area contributed by atoms with Crippen LogP contribution in [-0.4, -0.2) is 32.8 Å². The molecule has 1 N–H and O–H groups in total. The van der Waals surface area contributed by atoms with Crippen molar-refractivity contribution in [2.24, 2.45) is 0 Å². The van der Waals surface area contributed by atoms with E-state index in [-0.39, 0.29) is 0 Å². The Morgan fingerprint density at radius 1 is 1.26 bits per heavy atom. The van der Waals surface area contributed by atoms with E-state index in [4.69, 9.17) is 4.74 Å². The van der Waals surface area contributed by atoms with Gasteiger partial charge < -0.3 is 15.0 Å². The summed E-state index contributed by atoms with van der Waals surface area (Å²) in [5, 5.41) is 3.47. The van der Waals surface area contributed by atoms with Crippen LogP contribution in [0.1, 0.15) is 30.9 Å². The summed E-state index contributed by atoms with van der Waals surface area (Å²) in [6.45, 7) is 10.3. The molecule has 3 nitrogen and oxygen atoms in total. The second kappa shape index (κ2) is 7.51. The number of ether oxygens (including phenoxy) is 1. The fraction of sp³-hybridized carbons (Fsp3) is 0.625. The normalized spacial score (nSPS) is 16.4. The van der Waals surface area contributed by atoms with E-state index >= 15 is 0 Å². The van der Waals surface area contributed by atoms with Crippen LogP contribution in [0.2, 0.25) is 0 Å². The Balaban J connectivity index is 2.00. The average Bonchev–Trinajstić information content (AvgIpc) is 2.70. The molecule has 0 aliphatic carbocycles. The lowest BCUT2D eigenvalue weighted by Crippen LogP contribution is -2.26. The quantitative estimate of drug-likeness (QED) is 0.826.